The molecule has 0 radical (unpaired) electrons. The molecule has 0 saturated heterocycles. The van der Waals surface area contributed by atoms with Crippen LogP contribution in [0.15, 0.2) is 41.5 Å². The molecular weight excluding hydrogens is 430 g/mol. The van der Waals surface area contributed by atoms with E-state index in [1.165, 1.54) is 17.0 Å². The summed E-state index contributed by atoms with van der Waals surface area (Å²) in [6.07, 6.45) is 2.98. The molecule has 0 aliphatic carbocycles. The standard InChI is InChI=1S/C21H18ClN9O/c1-10(27-19-14(7-23)18(25)28-11(2)29-19)20-30-16-5-3-4-15(22)17(16)21(32)31(20)13-6-12(24)8-26-9-13/h3-6,8-10H,24H2,1-2H3,(H3,25,27,28,29)/t10-/m0/s1. The fourth-order valence-corrected chi connectivity index (χ4v) is 3.64. The topological polar surface area (TPSA) is 161 Å². The molecule has 11 heteroatoms. The summed E-state index contributed by atoms with van der Waals surface area (Å²) in [6.45, 7) is 3.45. The lowest BCUT2D eigenvalue weighted by molar-refractivity contribution is 0.728. The van der Waals surface area contributed by atoms with E-state index in [9.17, 15) is 10.1 Å². The third-order valence-corrected chi connectivity index (χ3v) is 5.09. The van der Waals surface area contributed by atoms with Gasteiger partial charge < -0.3 is 16.8 Å². The maximum atomic E-state index is 13.5. The van der Waals surface area contributed by atoms with E-state index >= 15 is 0 Å². The van der Waals surface area contributed by atoms with Crippen molar-refractivity contribution in [3.05, 3.63) is 69.2 Å². The number of nitrogens with one attached hydrogen (secondary N) is 1. The van der Waals surface area contributed by atoms with Gasteiger partial charge in [-0.1, -0.05) is 17.7 Å². The van der Waals surface area contributed by atoms with Gasteiger partial charge in [0.15, 0.2) is 5.82 Å². The number of hydrogen-bond donors (Lipinski definition) is 3. The first-order valence-corrected chi connectivity index (χ1v) is 9.90. The Kier molecular flexibility index (Phi) is 5.34. The van der Waals surface area contributed by atoms with E-state index in [0.29, 0.717) is 28.5 Å². The molecule has 0 unspecified atom stereocenters. The second kappa shape index (κ2) is 8.13. The number of pyridine rings is 1. The lowest BCUT2D eigenvalue weighted by atomic mass is 10.2. The van der Waals surface area contributed by atoms with Gasteiger partial charge >= 0.3 is 0 Å². The van der Waals surface area contributed by atoms with Crippen LogP contribution < -0.4 is 22.3 Å². The van der Waals surface area contributed by atoms with Crippen LogP contribution in [-0.4, -0.2) is 24.5 Å². The number of nitrogens with two attached hydrogens (primary N) is 2. The predicted molar refractivity (Wildman–Crippen MR) is 122 cm³/mol. The summed E-state index contributed by atoms with van der Waals surface area (Å²) in [5, 5.41) is 13.2. The lowest BCUT2D eigenvalue weighted by Crippen LogP contribution is -2.28. The SMILES string of the molecule is Cc1nc(N)c(C#N)c(N[C@@H](C)c2nc3cccc(Cl)c3c(=O)n2-c2cncc(N)c2)n1. The Bertz CT molecular complexity index is 1460. The Labute approximate surface area is 187 Å². The number of aromatic nitrogens is 5. The third-order valence-electron chi connectivity index (χ3n) is 4.78. The molecule has 0 saturated carbocycles. The first-order valence-electron chi connectivity index (χ1n) is 9.53. The largest absolute Gasteiger partial charge is 0.397 e. The van der Waals surface area contributed by atoms with Gasteiger partial charge in [0.1, 0.15) is 29.1 Å². The second-order valence-corrected chi connectivity index (χ2v) is 7.49. The van der Waals surface area contributed by atoms with Crippen molar-refractivity contribution in [2.75, 3.05) is 16.8 Å². The highest BCUT2D eigenvalue weighted by Gasteiger charge is 2.22. The molecule has 3 aromatic heterocycles. The molecule has 4 rings (SSSR count). The van der Waals surface area contributed by atoms with Gasteiger partial charge in [-0.15, -0.1) is 0 Å². The van der Waals surface area contributed by atoms with Crippen molar-refractivity contribution in [3.8, 4) is 11.8 Å². The molecule has 0 aliphatic heterocycles. The van der Waals surface area contributed by atoms with Crippen molar-refractivity contribution in [1.82, 2.24) is 24.5 Å². The molecule has 0 spiro atoms. The van der Waals surface area contributed by atoms with Crippen molar-refractivity contribution in [3.63, 3.8) is 0 Å². The number of nitrogens with zero attached hydrogens (tertiary/aromatic N) is 6. The number of nitriles is 1. The van der Waals surface area contributed by atoms with Crippen molar-refractivity contribution < 1.29 is 0 Å². The molecule has 3 heterocycles. The van der Waals surface area contributed by atoms with Gasteiger partial charge in [-0.05, 0) is 32.0 Å². The van der Waals surface area contributed by atoms with Crippen molar-refractivity contribution in [2.45, 2.75) is 19.9 Å². The molecule has 5 N–H and O–H groups in total. The van der Waals surface area contributed by atoms with Crippen LogP contribution in [0, 0.1) is 18.3 Å². The third kappa shape index (κ3) is 3.66. The minimum absolute atomic E-state index is 0.0605. The maximum Gasteiger partial charge on any atom is 0.267 e. The summed E-state index contributed by atoms with van der Waals surface area (Å²) < 4.78 is 1.39. The van der Waals surface area contributed by atoms with Crippen LogP contribution in [0.5, 0.6) is 0 Å². The van der Waals surface area contributed by atoms with E-state index in [1.807, 2.05) is 6.07 Å². The van der Waals surface area contributed by atoms with Crippen LogP contribution in [0.2, 0.25) is 5.02 Å². The molecule has 0 fully saturated rings. The van der Waals surface area contributed by atoms with Gasteiger partial charge in [-0.25, -0.2) is 15.0 Å². The van der Waals surface area contributed by atoms with Crippen LogP contribution in [0.3, 0.4) is 0 Å². The zero-order valence-corrected chi connectivity index (χ0v) is 17.9. The highest BCUT2D eigenvalue weighted by atomic mass is 35.5. The molecule has 4 aromatic rings. The molecular formula is C21H18ClN9O. The normalized spacial score (nSPS) is 11.8. The number of hydrogen-bond acceptors (Lipinski definition) is 9. The van der Waals surface area contributed by atoms with Crippen LogP contribution in [0.4, 0.5) is 17.3 Å². The Morgan fingerprint density at radius 3 is 2.72 bits per heavy atom. The summed E-state index contributed by atoms with van der Waals surface area (Å²) in [5.41, 5.74) is 12.7. The van der Waals surface area contributed by atoms with Gasteiger partial charge in [0.05, 0.1) is 39.5 Å². The Hall–Kier alpha value is -4.23. The summed E-state index contributed by atoms with van der Waals surface area (Å²) in [7, 11) is 0. The van der Waals surface area contributed by atoms with Gasteiger partial charge in [0.25, 0.3) is 5.56 Å². The molecule has 0 bridgehead atoms. The van der Waals surface area contributed by atoms with E-state index in [-0.39, 0.29) is 33.2 Å². The van der Waals surface area contributed by atoms with Crippen LogP contribution in [-0.2, 0) is 0 Å². The van der Waals surface area contributed by atoms with Gasteiger partial charge in [-0.3, -0.25) is 14.3 Å². The minimum atomic E-state index is -0.576. The number of fused-ring (bicyclic) bond motifs is 1. The first kappa shape index (κ1) is 21.0. The summed E-state index contributed by atoms with van der Waals surface area (Å²) in [6, 6.07) is 8.09. The average Bonchev–Trinajstić information content (AvgIpc) is 2.73. The molecule has 1 aromatic carbocycles. The molecule has 0 amide bonds. The molecule has 10 nitrogen and oxygen atoms in total. The van der Waals surface area contributed by atoms with E-state index in [2.05, 4.69) is 25.3 Å². The molecule has 32 heavy (non-hydrogen) atoms. The quantitative estimate of drug-likeness (QED) is 0.426. The second-order valence-electron chi connectivity index (χ2n) is 7.08. The van der Waals surface area contributed by atoms with E-state index in [4.69, 9.17) is 23.1 Å². The van der Waals surface area contributed by atoms with Crippen molar-refractivity contribution in [2.24, 2.45) is 0 Å². The number of anilines is 3. The Balaban J connectivity index is 1.95. The van der Waals surface area contributed by atoms with Gasteiger partial charge in [0, 0.05) is 6.20 Å². The van der Waals surface area contributed by atoms with Crippen LogP contribution in [0.1, 0.15) is 30.2 Å². The van der Waals surface area contributed by atoms with E-state index in [1.54, 1.807) is 38.1 Å². The number of aryl methyl sites for hydroxylation is 1. The lowest BCUT2D eigenvalue weighted by Gasteiger charge is -2.21. The smallest absolute Gasteiger partial charge is 0.267 e. The zero-order chi connectivity index (χ0) is 23.0. The number of benzene rings is 1. The van der Waals surface area contributed by atoms with E-state index in [0.717, 1.165) is 0 Å². The minimum Gasteiger partial charge on any atom is -0.397 e. The monoisotopic (exact) mass is 447 g/mol. The number of rotatable bonds is 4. The fourth-order valence-electron chi connectivity index (χ4n) is 3.39. The summed E-state index contributed by atoms with van der Waals surface area (Å²) >= 11 is 6.31. The zero-order valence-electron chi connectivity index (χ0n) is 17.2. The molecule has 160 valence electrons. The van der Waals surface area contributed by atoms with Crippen molar-refractivity contribution in [1.29, 1.82) is 5.26 Å². The molecule has 0 aliphatic rings. The van der Waals surface area contributed by atoms with E-state index < -0.39 is 6.04 Å². The molecule has 1 atom stereocenters. The average molecular weight is 448 g/mol. The van der Waals surface area contributed by atoms with Crippen LogP contribution >= 0.6 is 11.6 Å². The number of halogens is 1. The van der Waals surface area contributed by atoms with Crippen molar-refractivity contribution >= 4 is 39.8 Å². The van der Waals surface area contributed by atoms with Gasteiger partial charge in [0.2, 0.25) is 0 Å². The Morgan fingerprint density at radius 2 is 2.00 bits per heavy atom. The Morgan fingerprint density at radius 1 is 1.22 bits per heavy atom. The predicted octanol–water partition coefficient (Wildman–Crippen LogP) is 2.74. The maximum absolute atomic E-state index is 13.5. The fraction of sp³-hybridized carbons (Fsp3) is 0.143. The van der Waals surface area contributed by atoms with Gasteiger partial charge in [-0.2, -0.15) is 5.26 Å². The van der Waals surface area contributed by atoms with Crippen LogP contribution in [0.25, 0.3) is 16.6 Å². The first-order chi connectivity index (χ1) is 15.3. The highest BCUT2D eigenvalue weighted by molar-refractivity contribution is 6.35. The summed E-state index contributed by atoms with van der Waals surface area (Å²) in [4.78, 5) is 30.6. The highest BCUT2D eigenvalue weighted by Crippen LogP contribution is 2.26. The summed E-state index contributed by atoms with van der Waals surface area (Å²) in [5.74, 6) is 1.04. The number of nitrogen functional groups attached to an aromatic ring is 2.